The normalized spacial score (nSPS) is 18.5. The SMILES string of the molecule is Cc1c(-c2cc(N)c3cnc(C4CC4C#N)cc3c2)cnc2nccnc12. The molecule has 0 amide bonds. The molecule has 6 nitrogen and oxygen atoms in total. The standard InChI is InChI=1S/C21H16N6/c1-11-16(9-27-21-20(11)24-2-3-25-21)12-4-13-7-19(15-5-14(15)8-22)26-10-17(13)18(23)6-12/h2-4,6-7,9-10,14-15H,5,23H2,1H3. The molecule has 0 spiro atoms. The predicted molar refractivity (Wildman–Crippen MR) is 104 cm³/mol. The molecule has 2 atom stereocenters. The van der Waals surface area contributed by atoms with Crippen LogP contribution in [-0.2, 0) is 0 Å². The van der Waals surface area contributed by atoms with E-state index in [0.29, 0.717) is 11.3 Å². The van der Waals surface area contributed by atoms with Gasteiger partial charge in [-0.2, -0.15) is 5.26 Å². The Morgan fingerprint density at radius 2 is 1.93 bits per heavy atom. The van der Waals surface area contributed by atoms with Crippen molar-refractivity contribution in [3.8, 4) is 17.2 Å². The second-order valence-corrected chi connectivity index (χ2v) is 7.00. The lowest BCUT2D eigenvalue weighted by atomic mass is 9.97. The van der Waals surface area contributed by atoms with Crippen LogP contribution in [0, 0.1) is 24.2 Å². The van der Waals surface area contributed by atoms with Gasteiger partial charge in [0.2, 0.25) is 0 Å². The van der Waals surface area contributed by atoms with Gasteiger partial charge in [0.1, 0.15) is 5.52 Å². The molecular weight excluding hydrogens is 336 g/mol. The molecule has 1 aliphatic carbocycles. The maximum atomic E-state index is 9.09. The number of anilines is 1. The van der Waals surface area contributed by atoms with E-state index >= 15 is 0 Å². The van der Waals surface area contributed by atoms with Crippen LogP contribution in [0.5, 0.6) is 0 Å². The molecule has 1 aromatic carbocycles. The number of nitriles is 1. The van der Waals surface area contributed by atoms with E-state index < -0.39 is 0 Å². The van der Waals surface area contributed by atoms with E-state index in [4.69, 9.17) is 11.0 Å². The summed E-state index contributed by atoms with van der Waals surface area (Å²) in [5.41, 5.74) is 12.4. The second kappa shape index (κ2) is 5.71. The Morgan fingerprint density at radius 1 is 1.07 bits per heavy atom. The summed E-state index contributed by atoms with van der Waals surface area (Å²) in [6.45, 7) is 2.02. The number of nitrogens with two attached hydrogens (primary N) is 1. The van der Waals surface area contributed by atoms with Crippen LogP contribution >= 0.6 is 0 Å². The maximum Gasteiger partial charge on any atom is 0.178 e. The van der Waals surface area contributed by atoms with Crippen molar-refractivity contribution in [1.29, 1.82) is 5.26 Å². The molecular formula is C21H16N6. The fraction of sp³-hybridized carbons (Fsp3) is 0.190. The summed E-state index contributed by atoms with van der Waals surface area (Å²) in [5, 5.41) is 11.0. The summed E-state index contributed by atoms with van der Waals surface area (Å²) >= 11 is 0. The smallest absolute Gasteiger partial charge is 0.178 e. The lowest BCUT2D eigenvalue weighted by Gasteiger charge is -2.11. The first-order valence-corrected chi connectivity index (χ1v) is 8.81. The first-order valence-electron chi connectivity index (χ1n) is 8.81. The van der Waals surface area contributed by atoms with E-state index in [2.05, 4.69) is 38.1 Å². The summed E-state index contributed by atoms with van der Waals surface area (Å²) in [5.74, 6) is 0.324. The quantitative estimate of drug-likeness (QED) is 0.551. The molecule has 1 fully saturated rings. The molecule has 4 aromatic rings. The van der Waals surface area contributed by atoms with E-state index in [1.54, 1.807) is 12.4 Å². The Kier molecular flexibility index (Phi) is 3.31. The molecule has 0 bridgehead atoms. The van der Waals surface area contributed by atoms with Crippen molar-refractivity contribution in [2.45, 2.75) is 19.3 Å². The highest BCUT2D eigenvalue weighted by Crippen LogP contribution is 2.46. The highest BCUT2D eigenvalue weighted by molar-refractivity contribution is 5.97. The topological polar surface area (TPSA) is 101 Å². The Hall–Kier alpha value is -3.59. The largest absolute Gasteiger partial charge is 0.398 e. The summed E-state index contributed by atoms with van der Waals surface area (Å²) in [6, 6.07) is 8.43. The maximum absolute atomic E-state index is 9.09. The molecule has 2 N–H and O–H groups in total. The number of aromatic nitrogens is 4. The van der Waals surface area contributed by atoms with Gasteiger partial charge in [0.05, 0.1) is 12.0 Å². The van der Waals surface area contributed by atoms with Crippen LogP contribution in [0.3, 0.4) is 0 Å². The van der Waals surface area contributed by atoms with Crippen molar-refractivity contribution in [3.05, 3.63) is 54.2 Å². The third-order valence-electron chi connectivity index (χ3n) is 5.29. The highest BCUT2D eigenvalue weighted by atomic mass is 14.9. The minimum Gasteiger partial charge on any atom is -0.398 e. The van der Waals surface area contributed by atoms with Gasteiger partial charge in [-0.05, 0) is 48.1 Å². The van der Waals surface area contributed by atoms with Gasteiger partial charge >= 0.3 is 0 Å². The highest BCUT2D eigenvalue weighted by Gasteiger charge is 2.39. The van der Waals surface area contributed by atoms with Crippen molar-refractivity contribution in [1.82, 2.24) is 19.9 Å². The van der Waals surface area contributed by atoms with E-state index in [0.717, 1.165) is 45.1 Å². The van der Waals surface area contributed by atoms with Crippen LogP contribution in [0.4, 0.5) is 5.69 Å². The van der Waals surface area contributed by atoms with Gasteiger partial charge in [0.25, 0.3) is 0 Å². The van der Waals surface area contributed by atoms with Gasteiger partial charge in [0.15, 0.2) is 5.65 Å². The molecule has 130 valence electrons. The van der Waals surface area contributed by atoms with E-state index in [9.17, 15) is 0 Å². The fourth-order valence-corrected chi connectivity index (χ4v) is 3.66. The molecule has 3 aromatic heterocycles. The lowest BCUT2D eigenvalue weighted by Crippen LogP contribution is -1.96. The van der Waals surface area contributed by atoms with E-state index in [-0.39, 0.29) is 11.8 Å². The number of pyridine rings is 2. The van der Waals surface area contributed by atoms with Crippen LogP contribution in [-0.4, -0.2) is 19.9 Å². The minimum absolute atomic E-state index is 0.0842. The zero-order chi connectivity index (χ0) is 18.5. The fourth-order valence-electron chi connectivity index (χ4n) is 3.66. The third kappa shape index (κ3) is 2.48. The Morgan fingerprint density at radius 3 is 2.74 bits per heavy atom. The number of aryl methyl sites for hydroxylation is 1. The van der Waals surface area contributed by atoms with Gasteiger partial charge in [-0.15, -0.1) is 0 Å². The van der Waals surface area contributed by atoms with Crippen LogP contribution in [0.15, 0.2) is 43.0 Å². The average Bonchev–Trinajstić information content (AvgIpc) is 3.48. The number of fused-ring (bicyclic) bond motifs is 2. The zero-order valence-electron chi connectivity index (χ0n) is 14.7. The molecule has 5 rings (SSSR count). The van der Waals surface area contributed by atoms with Gasteiger partial charge in [0, 0.05) is 53.0 Å². The Labute approximate surface area is 155 Å². The van der Waals surface area contributed by atoms with Crippen molar-refractivity contribution in [2.75, 3.05) is 5.73 Å². The average molecular weight is 352 g/mol. The zero-order valence-corrected chi connectivity index (χ0v) is 14.7. The van der Waals surface area contributed by atoms with Crippen LogP contribution in [0.2, 0.25) is 0 Å². The van der Waals surface area contributed by atoms with Crippen LogP contribution in [0.25, 0.3) is 33.1 Å². The number of nitrogen functional groups attached to an aromatic ring is 1. The molecule has 1 saturated carbocycles. The van der Waals surface area contributed by atoms with Crippen molar-refractivity contribution in [2.24, 2.45) is 5.92 Å². The first-order chi connectivity index (χ1) is 13.2. The molecule has 0 aliphatic heterocycles. The van der Waals surface area contributed by atoms with Gasteiger partial charge < -0.3 is 5.73 Å². The number of benzene rings is 1. The number of hydrogen-bond donors (Lipinski definition) is 1. The Bertz CT molecular complexity index is 1260. The van der Waals surface area contributed by atoms with Crippen molar-refractivity contribution >= 4 is 27.6 Å². The molecule has 6 heteroatoms. The van der Waals surface area contributed by atoms with Crippen LogP contribution in [0.1, 0.15) is 23.6 Å². The van der Waals surface area contributed by atoms with E-state index in [1.165, 1.54) is 0 Å². The van der Waals surface area contributed by atoms with Gasteiger partial charge in [-0.1, -0.05) is 0 Å². The van der Waals surface area contributed by atoms with E-state index in [1.807, 2.05) is 25.4 Å². The molecule has 27 heavy (non-hydrogen) atoms. The number of nitrogens with zero attached hydrogens (tertiary/aromatic N) is 5. The summed E-state index contributed by atoms with van der Waals surface area (Å²) in [4.78, 5) is 17.7. The molecule has 0 radical (unpaired) electrons. The monoisotopic (exact) mass is 352 g/mol. The third-order valence-corrected chi connectivity index (χ3v) is 5.29. The molecule has 1 aliphatic rings. The first kappa shape index (κ1) is 15.6. The summed E-state index contributed by atoms with van der Waals surface area (Å²) < 4.78 is 0. The number of hydrogen-bond acceptors (Lipinski definition) is 6. The van der Waals surface area contributed by atoms with Crippen LogP contribution < -0.4 is 5.73 Å². The molecule has 2 unspecified atom stereocenters. The molecule has 0 saturated heterocycles. The van der Waals surface area contributed by atoms with Crippen molar-refractivity contribution < 1.29 is 0 Å². The predicted octanol–water partition coefficient (Wildman–Crippen LogP) is 3.76. The summed E-state index contributed by atoms with van der Waals surface area (Å²) in [7, 11) is 0. The van der Waals surface area contributed by atoms with Gasteiger partial charge in [-0.3, -0.25) is 9.97 Å². The van der Waals surface area contributed by atoms with Gasteiger partial charge in [-0.25, -0.2) is 9.97 Å². The lowest BCUT2D eigenvalue weighted by molar-refractivity contribution is 0.968. The molecule has 3 heterocycles. The number of rotatable bonds is 2. The van der Waals surface area contributed by atoms with Crippen molar-refractivity contribution in [3.63, 3.8) is 0 Å². The summed E-state index contributed by atoms with van der Waals surface area (Å²) in [6.07, 6.45) is 7.84. The minimum atomic E-state index is 0.0842. The second-order valence-electron chi connectivity index (χ2n) is 7.00. The Balaban J connectivity index is 1.67.